The van der Waals surface area contributed by atoms with Gasteiger partial charge in [0.1, 0.15) is 0 Å². The molecular weight excluding hydrogens is 286 g/mol. The van der Waals surface area contributed by atoms with E-state index in [1.807, 2.05) is 26.1 Å². The van der Waals surface area contributed by atoms with E-state index in [9.17, 15) is 0 Å². The minimum Gasteiger partial charge on any atom is -0.247 e. The molecular formula is C7H9Br2N3. The molecule has 0 saturated carbocycles. The van der Waals surface area contributed by atoms with Gasteiger partial charge in [-0.2, -0.15) is 0 Å². The average molecular weight is 295 g/mol. The van der Waals surface area contributed by atoms with Crippen LogP contribution in [0.5, 0.6) is 0 Å². The number of allylic oxidation sites excluding steroid dienone is 1. The lowest BCUT2D eigenvalue weighted by molar-refractivity contribution is 0.709. The van der Waals surface area contributed by atoms with Crippen molar-refractivity contribution >= 4 is 37.9 Å². The van der Waals surface area contributed by atoms with Crippen molar-refractivity contribution in [1.82, 2.24) is 15.0 Å². The van der Waals surface area contributed by atoms with Crippen LogP contribution in [-0.2, 0) is 7.05 Å². The van der Waals surface area contributed by atoms with Gasteiger partial charge in [-0.3, -0.25) is 0 Å². The summed E-state index contributed by atoms with van der Waals surface area (Å²) in [7, 11) is 1.86. The lowest BCUT2D eigenvalue weighted by Crippen LogP contribution is -1.93. The third-order valence-corrected chi connectivity index (χ3v) is 2.22. The van der Waals surface area contributed by atoms with Crippen molar-refractivity contribution in [3.63, 3.8) is 0 Å². The fourth-order valence-corrected chi connectivity index (χ4v) is 1.35. The van der Waals surface area contributed by atoms with Gasteiger partial charge in [0, 0.05) is 11.9 Å². The lowest BCUT2D eigenvalue weighted by Gasteiger charge is -1.94. The molecule has 1 aromatic heterocycles. The van der Waals surface area contributed by atoms with Crippen molar-refractivity contribution < 1.29 is 0 Å². The van der Waals surface area contributed by atoms with Gasteiger partial charge in [-0.05, 0) is 28.9 Å². The number of halogens is 2. The van der Waals surface area contributed by atoms with Crippen LogP contribution >= 0.6 is 31.9 Å². The average Bonchev–Trinajstić information content (AvgIpc) is 2.28. The van der Waals surface area contributed by atoms with Crippen molar-refractivity contribution in [2.24, 2.45) is 7.05 Å². The van der Waals surface area contributed by atoms with E-state index in [0.29, 0.717) is 4.83 Å². The molecule has 0 aliphatic heterocycles. The van der Waals surface area contributed by atoms with Crippen molar-refractivity contribution in [2.75, 3.05) is 0 Å². The van der Waals surface area contributed by atoms with E-state index < -0.39 is 0 Å². The van der Waals surface area contributed by atoms with Gasteiger partial charge in [-0.15, -0.1) is 5.10 Å². The summed E-state index contributed by atoms with van der Waals surface area (Å²) in [6.45, 7) is 2.05. The molecule has 12 heavy (non-hydrogen) atoms. The Morgan fingerprint density at radius 1 is 1.58 bits per heavy atom. The maximum absolute atomic E-state index is 3.86. The molecule has 0 aliphatic carbocycles. The topological polar surface area (TPSA) is 30.7 Å². The van der Waals surface area contributed by atoms with Crippen LogP contribution in [0.2, 0.25) is 0 Å². The number of nitrogens with zero attached hydrogens (tertiary/aromatic N) is 3. The second-order valence-electron chi connectivity index (χ2n) is 2.43. The van der Waals surface area contributed by atoms with E-state index in [-0.39, 0.29) is 0 Å². The molecule has 0 bridgehead atoms. The Hall–Kier alpha value is -0.160. The molecule has 0 saturated heterocycles. The van der Waals surface area contributed by atoms with Gasteiger partial charge in [0.05, 0.1) is 5.69 Å². The number of hydrogen-bond acceptors (Lipinski definition) is 2. The first-order valence-electron chi connectivity index (χ1n) is 3.48. The second kappa shape index (κ2) is 4.18. The summed E-state index contributed by atoms with van der Waals surface area (Å²) in [6.07, 6.45) is 4.01. The first-order valence-corrected chi connectivity index (χ1v) is 5.19. The molecule has 66 valence electrons. The summed E-state index contributed by atoms with van der Waals surface area (Å²) in [5.74, 6) is 0. The molecule has 3 nitrogen and oxygen atoms in total. The summed E-state index contributed by atoms with van der Waals surface area (Å²) < 4.78 is 2.49. The van der Waals surface area contributed by atoms with E-state index in [4.69, 9.17) is 0 Å². The summed E-state index contributed by atoms with van der Waals surface area (Å²) in [4.78, 5) is 0.360. The zero-order valence-electron chi connectivity index (χ0n) is 6.83. The van der Waals surface area contributed by atoms with E-state index in [0.717, 1.165) is 10.3 Å². The fraction of sp³-hybridized carbons (Fsp3) is 0.429. The highest BCUT2D eigenvalue weighted by atomic mass is 79.9. The van der Waals surface area contributed by atoms with Crippen LogP contribution in [0.15, 0.2) is 10.7 Å². The molecule has 0 spiro atoms. The van der Waals surface area contributed by atoms with Gasteiger partial charge in [0.25, 0.3) is 0 Å². The Balaban J connectivity index is 2.87. The Kier molecular flexibility index (Phi) is 3.46. The molecule has 0 radical (unpaired) electrons. The maximum atomic E-state index is 3.86. The molecule has 0 N–H and O–H groups in total. The molecule has 0 aliphatic rings. The predicted octanol–water partition coefficient (Wildman–Crippen LogP) is 2.37. The number of hydrogen-bond donors (Lipinski definition) is 0. The Labute approximate surface area is 88.1 Å². The van der Waals surface area contributed by atoms with E-state index in [2.05, 4.69) is 42.2 Å². The normalized spacial score (nSPS) is 14.0. The smallest absolute Gasteiger partial charge is 0.155 e. The molecule has 0 aromatic carbocycles. The Morgan fingerprint density at radius 3 is 2.67 bits per heavy atom. The van der Waals surface area contributed by atoms with Gasteiger partial charge >= 0.3 is 0 Å². The molecule has 1 rings (SSSR count). The van der Waals surface area contributed by atoms with Crippen LogP contribution in [0.4, 0.5) is 0 Å². The molecule has 1 unspecified atom stereocenters. The molecule has 0 fully saturated rings. The molecule has 1 atom stereocenters. The van der Waals surface area contributed by atoms with Crippen molar-refractivity contribution in [2.45, 2.75) is 11.8 Å². The van der Waals surface area contributed by atoms with Crippen molar-refractivity contribution in [1.29, 1.82) is 0 Å². The minimum absolute atomic E-state index is 0.360. The first kappa shape index (κ1) is 9.92. The van der Waals surface area contributed by atoms with Gasteiger partial charge in [-0.25, -0.2) is 4.68 Å². The zero-order chi connectivity index (χ0) is 9.14. The first-order chi connectivity index (χ1) is 5.61. The fourth-order valence-electron chi connectivity index (χ4n) is 0.740. The van der Waals surface area contributed by atoms with Gasteiger partial charge < -0.3 is 0 Å². The highest BCUT2D eigenvalue weighted by Gasteiger charge is 2.02. The zero-order valence-corrected chi connectivity index (χ0v) is 10.0. The number of alkyl halides is 1. The largest absolute Gasteiger partial charge is 0.247 e. The molecule has 1 heterocycles. The predicted molar refractivity (Wildman–Crippen MR) is 56.1 cm³/mol. The summed E-state index contributed by atoms with van der Waals surface area (Å²) in [5, 5.41) is 7.70. The quantitative estimate of drug-likeness (QED) is 0.784. The lowest BCUT2D eigenvalue weighted by atomic mass is 10.3. The van der Waals surface area contributed by atoms with Crippen molar-refractivity contribution in [3.05, 3.63) is 16.4 Å². The summed E-state index contributed by atoms with van der Waals surface area (Å²) >= 11 is 6.72. The minimum atomic E-state index is 0.360. The van der Waals surface area contributed by atoms with Gasteiger partial charge in [0.2, 0.25) is 0 Å². The third-order valence-electron chi connectivity index (χ3n) is 1.35. The Morgan fingerprint density at radius 2 is 2.25 bits per heavy atom. The van der Waals surface area contributed by atoms with E-state index >= 15 is 0 Å². The van der Waals surface area contributed by atoms with Crippen LogP contribution in [0.1, 0.15) is 12.6 Å². The number of aromatic nitrogens is 3. The standard InChI is InChI=1S/C7H9Br2N3/c1-5(8)3-4-6-7(9)10-11-12(6)2/h3-5H,1-2H3/b4-3+. The number of rotatable bonds is 2. The van der Waals surface area contributed by atoms with Crippen LogP contribution in [0.3, 0.4) is 0 Å². The van der Waals surface area contributed by atoms with Crippen LogP contribution in [-0.4, -0.2) is 19.8 Å². The Bertz CT molecular complexity index is 271. The van der Waals surface area contributed by atoms with Crippen LogP contribution in [0.25, 0.3) is 6.08 Å². The third kappa shape index (κ3) is 2.42. The SMILES string of the molecule is CC(Br)/C=C/c1c(Br)nnn1C. The van der Waals surface area contributed by atoms with Gasteiger partial charge in [-0.1, -0.05) is 27.2 Å². The highest BCUT2D eigenvalue weighted by molar-refractivity contribution is 9.10. The monoisotopic (exact) mass is 293 g/mol. The molecule has 5 heteroatoms. The summed E-state index contributed by atoms with van der Waals surface area (Å²) in [6, 6.07) is 0. The molecule has 1 aromatic rings. The second-order valence-corrected chi connectivity index (χ2v) is 4.62. The maximum Gasteiger partial charge on any atom is 0.155 e. The van der Waals surface area contributed by atoms with Crippen LogP contribution < -0.4 is 0 Å². The molecule has 0 amide bonds. The van der Waals surface area contributed by atoms with E-state index in [1.54, 1.807) is 4.68 Å². The van der Waals surface area contributed by atoms with Gasteiger partial charge in [0.15, 0.2) is 4.60 Å². The van der Waals surface area contributed by atoms with Crippen LogP contribution in [0, 0.1) is 0 Å². The van der Waals surface area contributed by atoms with Crippen molar-refractivity contribution in [3.8, 4) is 0 Å². The summed E-state index contributed by atoms with van der Waals surface area (Å²) in [5.41, 5.74) is 0.973. The number of aryl methyl sites for hydroxylation is 1. The highest BCUT2D eigenvalue weighted by Crippen LogP contribution is 2.14. The van der Waals surface area contributed by atoms with E-state index in [1.165, 1.54) is 0 Å².